The number of sulfone groups is 1. The number of hydrogen-bond acceptors (Lipinski definition) is 4. The molecule has 0 fully saturated rings. The molecule has 17 heavy (non-hydrogen) atoms. The second-order valence-corrected chi connectivity index (χ2v) is 6.21. The fourth-order valence-corrected chi connectivity index (χ4v) is 2.44. The third-order valence-electron chi connectivity index (χ3n) is 2.49. The maximum atomic E-state index is 11.4. The molecule has 1 aromatic carbocycles. The first kappa shape index (κ1) is 14.0. The summed E-state index contributed by atoms with van der Waals surface area (Å²) in [5.74, 6) is 0.872. The van der Waals surface area contributed by atoms with E-state index in [2.05, 4.69) is 0 Å². The molecule has 1 aromatic rings. The highest BCUT2D eigenvalue weighted by atomic mass is 32.2. The first-order valence-electron chi connectivity index (χ1n) is 5.67. The predicted molar refractivity (Wildman–Crippen MR) is 68.9 cm³/mol. The quantitative estimate of drug-likeness (QED) is 0.839. The number of benzene rings is 1. The maximum Gasteiger partial charge on any atom is 0.151 e. The van der Waals surface area contributed by atoms with Gasteiger partial charge in [0.2, 0.25) is 0 Å². The van der Waals surface area contributed by atoms with Crippen LogP contribution in [0.2, 0.25) is 0 Å². The summed E-state index contributed by atoms with van der Waals surface area (Å²) < 4.78 is 28.2. The highest BCUT2D eigenvalue weighted by molar-refractivity contribution is 7.91. The summed E-state index contributed by atoms with van der Waals surface area (Å²) in [4.78, 5) is 0. The molecule has 1 atom stereocenters. The van der Waals surface area contributed by atoms with Crippen LogP contribution in [0.25, 0.3) is 0 Å². The van der Waals surface area contributed by atoms with Crippen LogP contribution >= 0.6 is 0 Å². The van der Waals surface area contributed by atoms with Gasteiger partial charge in [-0.1, -0.05) is 19.1 Å². The van der Waals surface area contributed by atoms with E-state index in [1.807, 2.05) is 6.92 Å². The number of hydrogen-bond donors (Lipinski definition) is 1. The van der Waals surface area contributed by atoms with E-state index in [1.165, 1.54) is 0 Å². The lowest BCUT2D eigenvalue weighted by atomic mass is 10.1. The first-order valence-corrected chi connectivity index (χ1v) is 7.49. The Kier molecular flexibility index (Phi) is 4.96. The van der Waals surface area contributed by atoms with Gasteiger partial charge in [-0.2, -0.15) is 0 Å². The Morgan fingerprint density at radius 3 is 2.29 bits per heavy atom. The molecule has 96 valence electrons. The molecule has 0 aliphatic carbocycles. The van der Waals surface area contributed by atoms with E-state index >= 15 is 0 Å². The van der Waals surface area contributed by atoms with Crippen LogP contribution in [0.5, 0.6) is 5.75 Å². The minimum Gasteiger partial charge on any atom is -0.494 e. The van der Waals surface area contributed by atoms with Gasteiger partial charge in [0.05, 0.1) is 12.4 Å². The van der Waals surface area contributed by atoms with Gasteiger partial charge < -0.3 is 10.5 Å². The molecule has 0 radical (unpaired) electrons. The molecule has 4 nitrogen and oxygen atoms in total. The Bertz CT molecular complexity index is 439. The predicted octanol–water partition coefficient (Wildman–Crippen LogP) is 1.52. The highest BCUT2D eigenvalue weighted by Gasteiger charge is 2.15. The topological polar surface area (TPSA) is 69.4 Å². The van der Waals surface area contributed by atoms with Crippen LogP contribution in [0.4, 0.5) is 0 Å². The van der Waals surface area contributed by atoms with Crippen molar-refractivity contribution in [2.75, 3.05) is 18.1 Å². The van der Waals surface area contributed by atoms with Crippen molar-refractivity contribution in [3.8, 4) is 5.75 Å². The maximum absolute atomic E-state index is 11.4. The van der Waals surface area contributed by atoms with Crippen LogP contribution in [0, 0.1) is 0 Å². The molecule has 1 rings (SSSR count). The zero-order valence-corrected chi connectivity index (χ0v) is 11.0. The molecule has 5 heteroatoms. The lowest BCUT2D eigenvalue weighted by Crippen LogP contribution is -2.22. The lowest BCUT2D eigenvalue weighted by Gasteiger charge is -2.12. The number of ether oxygens (including phenoxy) is 1. The Morgan fingerprint density at radius 1 is 1.24 bits per heavy atom. The van der Waals surface area contributed by atoms with E-state index in [0.717, 1.165) is 11.3 Å². The van der Waals surface area contributed by atoms with Gasteiger partial charge in [-0.15, -0.1) is 0 Å². The molecule has 0 aromatic heterocycles. The van der Waals surface area contributed by atoms with Crippen LogP contribution in [0.15, 0.2) is 24.3 Å². The minimum atomic E-state index is -3.04. The highest BCUT2D eigenvalue weighted by Crippen LogP contribution is 2.17. The SMILES string of the molecule is CCOc1ccc(C(N)CS(=O)(=O)CC)cc1. The standard InChI is InChI=1S/C12H19NO3S/c1-3-16-11-7-5-10(6-8-11)12(13)9-17(14,15)4-2/h5-8,12H,3-4,9,13H2,1-2H3. The van der Waals surface area contributed by atoms with Gasteiger partial charge in [0.25, 0.3) is 0 Å². The molecule has 0 aliphatic rings. The molecule has 0 saturated heterocycles. The van der Waals surface area contributed by atoms with Gasteiger partial charge in [0, 0.05) is 11.8 Å². The lowest BCUT2D eigenvalue weighted by molar-refractivity contribution is 0.340. The van der Waals surface area contributed by atoms with E-state index in [0.29, 0.717) is 6.61 Å². The molecule has 0 spiro atoms. The summed E-state index contributed by atoms with van der Waals surface area (Å²) in [6, 6.07) is 6.74. The molecule has 2 N–H and O–H groups in total. The second-order valence-electron chi connectivity index (χ2n) is 3.81. The molecule has 1 unspecified atom stereocenters. The summed E-state index contributed by atoms with van der Waals surface area (Å²) in [7, 11) is -3.04. The van der Waals surface area contributed by atoms with Gasteiger partial charge in [0.15, 0.2) is 9.84 Å². The Labute approximate surface area is 103 Å². The van der Waals surface area contributed by atoms with Crippen LogP contribution in [-0.4, -0.2) is 26.5 Å². The van der Waals surface area contributed by atoms with Gasteiger partial charge >= 0.3 is 0 Å². The molecule has 0 bridgehead atoms. The van der Waals surface area contributed by atoms with Gasteiger partial charge in [0.1, 0.15) is 5.75 Å². The Balaban J connectivity index is 2.73. The van der Waals surface area contributed by atoms with Crippen LogP contribution in [-0.2, 0) is 9.84 Å². The average Bonchev–Trinajstić information content (AvgIpc) is 2.30. The largest absolute Gasteiger partial charge is 0.494 e. The van der Waals surface area contributed by atoms with Crippen LogP contribution in [0.3, 0.4) is 0 Å². The molecular formula is C12H19NO3S. The summed E-state index contributed by atoms with van der Waals surface area (Å²) in [6.07, 6.45) is 0. The Morgan fingerprint density at radius 2 is 1.82 bits per heavy atom. The van der Waals surface area contributed by atoms with Gasteiger partial charge in [-0.25, -0.2) is 8.42 Å². The van der Waals surface area contributed by atoms with Crippen molar-refractivity contribution in [3.63, 3.8) is 0 Å². The van der Waals surface area contributed by atoms with Crippen molar-refractivity contribution in [2.24, 2.45) is 5.73 Å². The van der Waals surface area contributed by atoms with Crippen molar-refractivity contribution in [3.05, 3.63) is 29.8 Å². The molecular weight excluding hydrogens is 238 g/mol. The van der Waals surface area contributed by atoms with Gasteiger partial charge in [-0.3, -0.25) is 0 Å². The second kappa shape index (κ2) is 6.02. The monoisotopic (exact) mass is 257 g/mol. The van der Waals surface area contributed by atoms with E-state index in [-0.39, 0.29) is 11.5 Å². The molecule has 0 saturated carbocycles. The summed E-state index contributed by atoms with van der Waals surface area (Å²) in [5, 5.41) is 0. The Hall–Kier alpha value is -1.07. The summed E-state index contributed by atoms with van der Waals surface area (Å²) in [6.45, 7) is 4.14. The number of nitrogens with two attached hydrogens (primary N) is 1. The van der Waals surface area contributed by atoms with Gasteiger partial charge in [-0.05, 0) is 24.6 Å². The zero-order chi connectivity index (χ0) is 12.9. The van der Waals surface area contributed by atoms with Crippen LogP contribution in [0.1, 0.15) is 25.5 Å². The number of rotatable bonds is 6. The summed E-state index contributed by atoms with van der Waals surface area (Å²) in [5.41, 5.74) is 6.67. The van der Waals surface area contributed by atoms with E-state index in [1.54, 1.807) is 31.2 Å². The third-order valence-corrected chi connectivity index (χ3v) is 4.24. The average molecular weight is 257 g/mol. The smallest absolute Gasteiger partial charge is 0.151 e. The molecule has 0 heterocycles. The van der Waals surface area contributed by atoms with Crippen LogP contribution < -0.4 is 10.5 Å². The van der Waals surface area contributed by atoms with E-state index < -0.39 is 15.9 Å². The fourth-order valence-electron chi connectivity index (χ4n) is 1.47. The fraction of sp³-hybridized carbons (Fsp3) is 0.500. The van der Waals surface area contributed by atoms with Crippen molar-refractivity contribution in [1.29, 1.82) is 0 Å². The minimum absolute atomic E-state index is 0.0164. The van der Waals surface area contributed by atoms with Crippen molar-refractivity contribution in [1.82, 2.24) is 0 Å². The molecule has 0 amide bonds. The van der Waals surface area contributed by atoms with Crippen molar-refractivity contribution < 1.29 is 13.2 Å². The van der Waals surface area contributed by atoms with Crippen molar-refractivity contribution >= 4 is 9.84 Å². The summed E-state index contributed by atoms with van der Waals surface area (Å²) >= 11 is 0. The normalized spacial score (nSPS) is 13.4. The van der Waals surface area contributed by atoms with Crippen molar-refractivity contribution in [2.45, 2.75) is 19.9 Å². The first-order chi connectivity index (χ1) is 7.98. The van der Waals surface area contributed by atoms with E-state index in [9.17, 15) is 8.42 Å². The third kappa shape index (κ3) is 4.36. The molecule has 0 aliphatic heterocycles. The zero-order valence-electron chi connectivity index (χ0n) is 10.2. The van der Waals surface area contributed by atoms with E-state index in [4.69, 9.17) is 10.5 Å².